The van der Waals surface area contributed by atoms with Gasteiger partial charge in [0.05, 0.1) is 18.0 Å². The topological polar surface area (TPSA) is 63.0 Å². The summed E-state index contributed by atoms with van der Waals surface area (Å²) in [6, 6.07) is 2.18. The minimum atomic E-state index is -4.41. The molecular weight excluding hydrogens is 457 g/mol. The summed E-state index contributed by atoms with van der Waals surface area (Å²) in [6.45, 7) is 3.51. The van der Waals surface area contributed by atoms with Gasteiger partial charge in [0.15, 0.2) is 5.65 Å². The van der Waals surface area contributed by atoms with Gasteiger partial charge in [0.2, 0.25) is 0 Å². The van der Waals surface area contributed by atoms with Gasteiger partial charge in [-0.15, -0.1) is 0 Å². The maximum absolute atomic E-state index is 13.2. The lowest BCUT2D eigenvalue weighted by Gasteiger charge is -2.39. The van der Waals surface area contributed by atoms with Crippen molar-refractivity contribution in [2.45, 2.75) is 51.4 Å². The Hall–Kier alpha value is -3.05. The second-order valence-electron chi connectivity index (χ2n) is 9.22. The van der Waals surface area contributed by atoms with E-state index < -0.39 is 24.7 Å². The Bertz CT molecular complexity index is 1170. The van der Waals surface area contributed by atoms with Crippen molar-refractivity contribution in [1.29, 1.82) is 0 Å². The maximum Gasteiger partial charge on any atom is 0.416 e. The molecule has 0 aromatic carbocycles. The monoisotopic (exact) mass is 481 g/mol. The third-order valence-corrected chi connectivity index (χ3v) is 6.92. The zero-order valence-electron chi connectivity index (χ0n) is 18.5. The summed E-state index contributed by atoms with van der Waals surface area (Å²) in [4.78, 5) is 17.1. The highest BCUT2D eigenvalue weighted by Gasteiger charge is 2.45. The zero-order valence-corrected chi connectivity index (χ0v) is 18.5. The van der Waals surface area contributed by atoms with Gasteiger partial charge in [0.1, 0.15) is 23.7 Å². The number of hydrogen-bond acceptors (Lipinski definition) is 6. The molecule has 5 rings (SSSR count). The number of piperidine rings is 1. The van der Waals surface area contributed by atoms with E-state index in [0.717, 1.165) is 31.4 Å². The predicted molar refractivity (Wildman–Crippen MR) is 116 cm³/mol. The molecule has 0 radical (unpaired) electrons. The van der Waals surface area contributed by atoms with E-state index in [1.807, 2.05) is 11.8 Å². The first kappa shape index (κ1) is 22.7. The number of anilines is 2. The van der Waals surface area contributed by atoms with Crippen molar-refractivity contribution in [3.8, 4) is 0 Å². The largest absolute Gasteiger partial charge is 0.416 e. The minimum absolute atomic E-state index is 0.0270. The van der Waals surface area contributed by atoms with Crippen molar-refractivity contribution in [3.05, 3.63) is 36.3 Å². The van der Waals surface area contributed by atoms with Gasteiger partial charge in [-0.3, -0.25) is 0 Å². The normalized spacial score (nSPS) is 20.7. The highest BCUT2D eigenvalue weighted by molar-refractivity contribution is 5.71. The fourth-order valence-electron chi connectivity index (χ4n) is 5.21. The van der Waals surface area contributed by atoms with Crippen LogP contribution < -0.4 is 9.80 Å². The zero-order chi connectivity index (χ0) is 24.1. The summed E-state index contributed by atoms with van der Waals surface area (Å²) in [6.07, 6.45) is -0.137. The summed E-state index contributed by atoms with van der Waals surface area (Å²) >= 11 is 0. The van der Waals surface area contributed by atoms with E-state index in [1.165, 1.54) is 17.1 Å². The quantitative estimate of drug-likeness (QED) is 0.515. The first-order valence-electron chi connectivity index (χ1n) is 11.2. The number of alkyl halides is 5. The molecule has 2 aliphatic heterocycles. The van der Waals surface area contributed by atoms with Crippen LogP contribution in [0.2, 0.25) is 0 Å². The standard InChI is InChI=1S/C22H24F5N7/c1-14-9-21(13-33(14)18-8-15(2-5-28-18)22(25,26)27)3-6-32(7-4-21)19-11-29-16-10-30-34(12-17(23)24)20(16)31-19/h2,5,8,10-11,14,17H,3-4,6-7,9,12-13H2,1H3. The van der Waals surface area contributed by atoms with E-state index in [9.17, 15) is 22.0 Å². The molecule has 12 heteroatoms. The molecule has 0 N–H and O–H groups in total. The van der Waals surface area contributed by atoms with E-state index >= 15 is 0 Å². The molecule has 2 fully saturated rings. The van der Waals surface area contributed by atoms with Crippen molar-refractivity contribution >= 4 is 22.8 Å². The molecule has 3 aromatic rings. The highest BCUT2D eigenvalue weighted by atomic mass is 19.4. The summed E-state index contributed by atoms with van der Waals surface area (Å²) in [7, 11) is 0. The van der Waals surface area contributed by atoms with Gasteiger partial charge in [-0.05, 0) is 43.7 Å². The van der Waals surface area contributed by atoms with E-state index in [-0.39, 0.29) is 11.5 Å². The van der Waals surface area contributed by atoms with Crippen molar-refractivity contribution in [2.24, 2.45) is 5.41 Å². The molecule has 0 bridgehead atoms. The van der Waals surface area contributed by atoms with Crippen LogP contribution in [0.15, 0.2) is 30.7 Å². The number of pyridine rings is 1. The smallest absolute Gasteiger partial charge is 0.355 e. The maximum atomic E-state index is 13.2. The number of hydrogen-bond donors (Lipinski definition) is 0. The second kappa shape index (κ2) is 8.31. The van der Waals surface area contributed by atoms with Crippen LogP contribution in [0.3, 0.4) is 0 Å². The minimum Gasteiger partial charge on any atom is -0.355 e. The SMILES string of the molecule is CC1CC2(CCN(c3cnc4cnn(CC(F)F)c4n3)CC2)CN1c1cc(C(F)(F)F)ccn1. The van der Waals surface area contributed by atoms with Crippen LogP contribution in [-0.4, -0.2) is 56.8 Å². The number of nitrogens with zero attached hydrogens (tertiary/aromatic N) is 7. The van der Waals surface area contributed by atoms with Crippen LogP contribution in [0.25, 0.3) is 11.2 Å². The molecule has 2 aliphatic rings. The molecule has 1 atom stereocenters. The average molecular weight is 481 g/mol. The van der Waals surface area contributed by atoms with Crippen LogP contribution in [0, 0.1) is 5.41 Å². The molecule has 0 amide bonds. The third-order valence-electron chi connectivity index (χ3n) is 6.92. The number of halogens is 5. The number of fused-ring (bicyclic) bond motifs is 1. The molecule has 0 aliphatic carbocycles. The van der Waals surface area contributed by atoms with Gasteiger partial charge in [-0.2, -0.15) is 18.3 Å². The van der Waals surface area contributed by atoms with Gasteiger partial charge in [-0.1, -0.05) is 0 Å². The lowest BCUT2D eigenvalue weighted by molar-refractivity contribution is -0.137. The summed E-state index contributed by atoms with van der Waals surface area (Å²) < 4.78 is 66.3. The molecule has 1 unspecified atom stereocenters. The Balaban J connectivity index is 1.30. The first-order chi connectivity index (χ1) is 16.1. The van der Waals surface area contributed by atoms with Crippen LogP contribution in [0.4, 0.5) is 33.6 Å². The van der Waals surface area contributed by atoms with Gasteiger partial charge < -0.3 is 9.80 Å². The fourth-order valence-corrected chi connectivity index (χ4v) is 5.21. The Labute approximate surface area is 192 Å². The Morgan fingerprint density at radius 2 is 1.88 bits per heavy atom. The lowest BCUT2D eigenvalue weighted by atomic mass is 9.77. The van der Waals surface area contributed by atoms with Crippen LogP contribution >= 0.6 is 0 Å². The molecule has 3 aromatic heterocycles. The van der Waals surface area contributed by atoms with E-state index in [1.54, 1.807) is 6.20 Å². The first-order valence-corrected chi connectivity index (χ1v) is 11.2. The van der Waals surface area contributed by atoms with Gasteiger partial charge in [0.25, 0.3) is 6.43 Å². The fraction of sp³-hybridized carbons (Fsp3) is 0.545. The van der Waals surface area contributed by atoms with Crippen LogP contribution in [0.1, 0.15) is 31.7 Å². The summed E-state index contributed by atoms with van der Waals surface area (Å²) in [5.74, 6) is 0.964. The third kappa shape index (κ3) is 4.25. The number of rotatable bonds is 4. The van der Waals surface area contributed by atoms with E-state index in [4.69, 9.17) is 0 Å². The molecule has 1 spiro atoms. The van der Waals surface area contributed by atoms with Crippen molar-refractivity contribution in [2.75, 3.05) is 29.4 Å². The molecule has 34 heavy (non-hydrogen) atoms. The van der Waals surface area contributed by atoms with Crippen LogP contribution in [0.5, 0.6) is 0 Å². The molecule has 182 valence electrons. The lowest BCUT2D eigenvalue weighted by Crippen LogP contribution is -2.42. The molecular formula is C22H24F5N7. The molecule has 2 saturated heterocycles. The van der Waals surface area contributed by atoms with Gasteiger partial charge in [-0.25, -0.2) is 28.4 Å². The molecule has 5 heterocycles. The summed E-state index contributed by atoms with van der Waals surface area (Å²) in [5, 5.41) is 3.96. The van der Waals surface area contributed by atoms with E-state index in [0.29, 0.717) is 42.4 Å². The van der Waals surface area contributed by atoms with Gasteiger partial charge >= 0.3 is 6.18 Å². The molecule has 0 saturated carbocycles. The Kier molecular flexibility index (Phi) is 5.56. The Morgan fingerprint density at radius 1 is 1.12 bits per heavy atom. The number of aromatic nitrogens is 5. The van der Waals surface area contributed by atoms with Crippen molar-refractivity contribution in [1.82, 2.24) is 24.7 Å². The highest BCUT2D eigenvalue weighted by Crippen LogP contribution is 2.45. The Morgan fingerprint density at radius 3 is 2.59 bits per heavy atom. The predicted octanol–water partition coefficient (Wildman–Crippen LogP) is 4.39. The average Bonchev–Trinajstić information content (AvgIpc) is 3.33. The van der Waals surface area contributed by atoms with Gasteiger partial charge in [0, 0.05) is 31.9 Å². The second-order valence-corrected chi connectivity index (χ2v) is 9.22. The van der Waals surface area contributed by atoms with Crippen molar-refractivity contribution < 1.29 is 22.0 Å². The van der Waals surface area contributed by atoms with Crippen molar-refractivity contribution in [3.63, 3.8) is 0 Å². The van der Waals surface area contributed by atoms with E-state index in [2.05, 4.69) is 25.0 Å². The molecule has 7 nitrogen and oxygen atoms in total. The summed E-state index contributed by atoms with van der Waals surface area (Å²) in [5.41, 5.74) is 0.0717. The van der Waals surface area contributed by atoms with Crippen LogP contribution in [-0.2, 0) is 12.7 Å².